The van der Waals surface area contributed by atoms with E-state index >= 15 is 0 Å². The number of aromatic nitrogens is 2. The number of aliphatic imine (C=N–C) groups is 1. The molecule has 1 saturated carbocycles. The van der Waals surface area contributed by atoms with Gasteiger partial charge in [-0.05, 0) is 48.1 Å². The topological polar surface area (TPSA) is 118 Å². The van der Waals surface area contributed by atoms with Crippen molar-refractivity contribution in [2.75, 3.05) is 12.4 Å². The van der Waals surface area contributed by atoms with Crippen LogP contribution in [0.3, 0.4) is 0 Å². The van der Waals surface area contributed by atoms with E-state index in [9.17, 15) is 10.1 Å². The molecule has 2 heterocycles. The molecule has 1 aliphatic carbocycles. The summed E-state index contributed by atoms with van der Waals surface area (Å²) < 4.78 is 0. The minimum Gasteiger partial charge on any atom is -0.346 e. The van der Waals surface area contributed by atoms with Gasteiger partial charge in [0.2, 0.25) is 5.91 Å². The van der Waals surface area contributed by atoms with Gasteiger partial charge in [-0.2, -0.15) is 5.26 Å². The van der Waals surface area contributed by atoms with Gasteiger partial charge < -0.3 is 15.7 Å². The van der Waals surface area contributed by atoms with Crippen LogP contribution in [-0.2, 0) is 4.79 Å². The summed E-state index contributed by atoms with van der Waals surface area (Å²) in [6.07, 6.45) is 9.35. The molecule has 1 aliphatic rings. The van der Waals surface area contributed by atoms with E-state index in [0.29, 0.717) is 23.6 Å². The number of fused-ring (bicyclic) bond motifs is 1. The molecule has 2 aromatic heterocycles. The lowest BCUT2D eigenvalue weighted by Gasteiger charge is -2.09. The summed E-state index contributed by atoms with van der Waals surface area (Å²) in [6, 6.07) is 9.63. The van der Waals surface area contributed by atoms with Crippen LogP contribution in [0.5, 0.6) is 0 Å². The number of H-pyrrole nitrogens is 1. The number of amides is 1. The van der Waals surface area contributed by atoms with Crippen LogP contribution >= 0.6 is 0 Å². The van der Waals surface area contributed by atoms with E-state index in [1.165, 1.54) is 6.21 Å². The van der Waals surface area contributed by atoms with Crippen molar-refractivity contribution >= 4 is 35.1 Å². The van der Waals surface area contributed by atoms with Crippen molar-refractivity contribution in [1.29, 1.82) is 10.7 Å². The van der Waals surface area contributed by atoms with Crippen molar-refractivity contribution in [1.82, 2.24) is 9.97 Å². The first-order valence-electron chi connectivity index (χ1n) is 9.87. The van der Waals surface area contributed by atoms with Crippen LogP contribution in [0.25, 0.3) is 22.2 Å². The lowest BCUT2D eigenvalue weighted by atomic mass is 9.98. The van der Waals surface area contributed by atoms with Gasteiger partial charge in [0.25, 0.3) is 0 Å². The SMILES string of the molecule is CN=CC(C=N)c1cnc2[nH]cc(-c3ccc(NC(=O)CC4CC4)c(C#N)c3)c2c1. The zero-order valence-electron chi connectivity index (χ0n) is 16.6. The average Bonchev–Trinajstić information content (AvgIpc) is 3.47. The molecule has 3 N–H and O–H groups in total. The highest BCUT2D eigenvalue weighted by atomic mass is 16.1. The Morgan fingerprint density at radius 1 is 1.47 bits per heavy atom. The molecule has 30 heavy (non-hydrogen) atoms. The maximum absolute atomic E-state index is 12.1. The standard InChI is InChI=1S/C23H22N6O/c1-26-11-18(10-25)17-8-19-20(13-28-23(19)27-12-17)15-4-5-21(16(7-15)9-24)29-22(30)6-14-2-3-14/h4-5,7-8,10-14,18,25H,2-3,6H2,1H3,(H,27,28)(H,29,30). The van der Waals surface area contributed by atoms with E-state index in [4.69, 9.17) is 5.41 Å². The molecule has 0 spiro atoms. The van der Waals surface area contributed by atoms with Gasteiger partial charge in [-0.15, -0.1) is 0 Å². The average molecular weight is 398 g/mol. The molecule has 1 fully saturated rings. The fourth-order valence-electron chi connectivity index (χ4n) is 3.53. The number of carbonyl (C=O) groups excluding carboxylic acids is 1. The smallest absolute Gasteiger partial charge is 0.224 e. The van der Waals surface area contributed by atoms with Crippen LogP contribution in [0.4, 0.5) is 5.69 Å². The van der Waals surface area contributed by atoms with Gasteiger partial charge in [0.05, 0.1) is 17.2 Å². The number of benzene rings is 1. The Hall–Kier alpha value is -3.79. The highest BCUT2D eigenvalue weighted by Gasteiger charge is 2.24. The van der Waals surface area contributed by atoms with Crippen LogP contribution in [0.1, 0.15) is 36.3 Å². The van der Waals surface area contributed by atoms with Crippen molar-refractivity contribution in [2.45, 2.75) is 25.2 Å². The summed E-state index contributed by atoms with van der Waals surface area (Å²) in [6.45, 7) is 0. The van der Waals surface area contributed by atoms with Gasteiger partial charge >= 0.3 is 0 Å². The molecule has 1 aromatic carbocycles. The molecule has 0 bridgehead atoms. The summed E-state index contributed by atoms with van der Waals surface area (Å²) in [5, 5.41) is 21.0. The third-order valence-corrected chi connectivity index (χ3v) is 5.32. The second kappa shape index (κ2) is 8.29. The molecule has 1 atom stereocenters. The number of hydrogen-bond donors (Lipinski definition) is 3. The van der Waals surface area contributed by atoms with E-state index in [2.05, 4.69) is 26.3 Å². The fraction of sp³-hybridized carbons (Fsp3) is 0.261. The maximum atomic E-state index is 12.1. The number of carbonyl (C=O) groups is 1. The monoisotopic (exact) mass is 398 g/mol. The lowest BCUT2D eigenvalue weighted by Crippen LogP contribution is -2.12. The van der Waals surface area contributed by atoms with E-state index in [1.54, 1.807) is 31.6 Å². The van der Waals surface area contributed by atoms with Gasteiger partial charge in [-0.25, -0.2) is 4.98 Å². The molecule has 7 nitrogen and oxygen atoms in total. The molecule has 1 amide bonds. The van der Waals surface area contributed by atoms with Crippen molar-refractivity contribution in [2.24, 2.45) is 10.9 Å². The number of nitrogens with zero attached hydrogens (tertiary/aromatic N) is 3. The summed E-state index contributed by atoms with van der Waals surface area (Å²) in [5.74, 6) is 0.205. The second-order valence-corrected chi connectivity index (χ2v) is 7.53. The van der Waals surface area contributed by atoms with E-state index in [1.807, 2.05) is 18.3 Å². The predicted octanol–water partition coefficient (Wildman–Crippen LogP) is 4.27. The number of nitriles is 1. The van der Waals surface area contributed by atoms with E-state index < -0.39 is 0 Å². The molecule has 4 rings (SSSR count). The number of hydrogen-bond acceptors (Lipinski definition) is 5. The van der Waals surface area contributed by atoms with Crippen molar-refractivity contribution < 1.29 is 4.79 Å². The first kappa shape index (κ1) is 19.5. The Labute approximate surface area is 174 Å². The quantitative estimate of drug-likeness (QED) is 0.516. The molecule has 0 aliphatic heterocycles. The third kappa shape index (κ3) is 3.98. The van der Waals surface area contributed by atoms with Crippen LogP contribution in [0.2, 0.25) is 0 Å². The van der Waals surface area contributed by atoms with Crippen molar-refractivity contribution in [3.63, 3.8) is 0 Å². The Morgan fingerprint density at radius 3 is 3.00 bits per heavy atom. The maximum Gasteiger partial charge on any atom is 0.224 e. The number of pyridine rings is 1. The number of nitrogens with one attached hydrogen (secondary N) is 3. The minimum absolute atomic E-state index is 0.0436. The highest BCUT2D eigenvalue weighted by molar-refractivity contribution is 5.97. The molecule has 1 unspecified atom stereocenters. The van der Waals surface area contributed by atoms with Crippen molar-refractivity contribution in [3.05, 3.63) is 47.8 Å². The van der Waals surface area contributed by atoms with Crippen molar-refractivity contribution in [3.8, 4) is 17.2 Å². The summed E-state index contributed by atoms with van der Waals surface area (Å²) in [7, 11) is 1.68. The van der Waals surface area contributed by atoms with E-state index in [0.717, 1.165) is 40.6 Å². The Morgan fingerprint density at radius 2 is 2.30 bits per heavy atom. The zero-order valence-corrected chi connectivity index (χ0v) is 16.6. The summed E-state index contributed by atoms with van der Waals surface area (Å²) in [5.41, 5.74) is 4.32. The van der Waals surface area contributed by atoms with Gasteiger partial charge in [-0.1, -0.05) is 6.07 Å². The highest BCUT2D eigenvalue weighted by Crippen LogP contribution is 2.34. The molecule has 150 valence electrons. The lowest BCUT2D eigenvalue weighted by molar-refractivity contribution is -0.116. The van der Waals surface area contributed by atoms with Gasteiger partial charge in [0, 0.05) is 49.2 Å². The molecule has 3 aromatic rings. The van der Waals surface area contributed by atoms with Gasteiger partial charge in [0.15, 0.2) is 0 Å². The van der Waals surface area contributed by atoms with E-state index in [-0.39, 0.29) is 11.8 Å². The number of anilines is 1. The molecular formula is C23H22N6O. The molecule has 0 saturated heterocycles. The van der Waals surface area contributed by atoms with Gasteiger partial charge in [-0.3, -0.25) is 9.79 Å². The number of aromatic amines is 1. The van der Waals surface area contributed by atoms with Crippen LogP contribution < -0.4 is 5.32 Å². The first-order chi connectivity index (χ1) is 14.6. The fourth-order valence-corrected chi connectivity index (χ4v) is 3.53. The van der Waals surface area contributed by atoms with Crippen LogP contribution in [0.15, 0.2) is 41.7 Å². The molecule has 7 heteroatoms. The molecule has 0 radical (unpaired) electrons. The summed E-state index contributed by atoms with van der Waals surface area (Å²) in [4.78, 5) is 23.8. The third-order valence-electron chi connectivity index (χ3n) is 5.32. The Balaban J connectivity index is 1.68. The van der Waals surface area contributed by atoms with Gasteiger partial charge in [0.1, 0.15) is 11.7 Å². The zero-order chi connectivity index (χ0) is 21.1. The normalized spacial score (nSPS) is 14.5. The minimum atomic E-state index is -0.242. The predicted molar refractivity (Wildman–Crippen MR) is 118 cm³/mol. The Kier molecular flexibility index (Phi) is 5.40. The summed E-state index contributed by atoms with van der Waals surface area (Å²) >= 11 is 0. The second-order valence-electron chi connectivity index (χ2n) is 7.53. The number of rotatable bonds is 7. The Bertz CT molecular complexity index is 1180. The largest absolute Gasteiger partial charge is 0.346 e. The first-order valence-corrected chi connectivity index (χ1v) is 9.87. The van der Waals surface area contributed by atoms with Crippen LogP contribution in [-0.4, -0.2) is 35.4 Å². The van der Waals surface area contributed by atoms with Crippen LogP contribution in [0, 0.1) is 22.7 Å². The molecular weight excluding hydrogens is 376 g/mol.